The molecule has 3 heterocycles. The first-order valence-electron chi connectivity index (χ1n) is 7.83. The number of pyridine rings is 1. The van der Waals surface area contributed by atoms with Crippen molar-refractivity contribution in [3.63, 3.8) is 0 Å². The van der Waals surface area contributed by atoms with Crippen molar-refractivity contribution in [2.24, 2.45) is 0 Å². The molecule has 0 radical (unpaired) electrons. The molecule has 2 aromatic heterocycles. The molecule has 5 nitrogen and oxygen atoms in total. The van der Waals surface area contributed by atoms with Crippen LogP contribution in [-0.4, -0.2) is 31.9 Å². The summed E-state index contributed by atoms with van der Waals surface area (Å²) in [5.74, 6) is 0.710. The Kier molecular flexibility index (Phi) is 5.51. The SMILES string of the molecule is Cl.O=C(c1cccc(Cl)c1Cl)N1CCn2c(-c3cccnc3)cnc2C1. The summed E-state index contributed by atoms with van der Waals surface area (Å²) in [6.45, 7) is 1.68. The second kappa shape index (κ2) is 7.66. The summed E-state index contributed by atoms with van der Waals surface area (Å²) >= 11 is 12.2. The molecule has 1 aliphatic heterocycles. The average Bonchev–Trinajstić information content (AvgIpc) is 3.07. The van der Waals surface area contributed by atoms with Crippen LogP contribution in [0.25, 0.3) is 11.3 Å². The molecule has 134 valence electrons. The highest BCUT2D eigenvalue weighted by Crippen LogP contribution is 2.28. The van der Waals surface area contributed by atoms with E-state index in [0.29, 0.717) is 35.2 Å². The van der Waals surface area contributed by atoms with Crippen LogP contribution in [0, 0.1) is 0 Å². The average molecular weight is 410 g/mol. The Morgan fingerprint density at radius 2 is 1.92 bits per heavy atom. The molecule has 0 N–H and O–H groups in total. The number of hydrogen-bond acceptors (Lipinski definition) is 3. The van der Waals surface area contributed by atoms with Gasteiger partial charge in [-0.05, 0) is 24.3 Å². The molecular weight excluding hydrogens is 395 g/mol. The third-order valence-electron chi connectivity index (χ3n) is 4.29. The van der Waals surface area contributed by atoms with Crippen molar-refractivity contribution in [3.05, 3.63) is 70.4 Å². The zero-order valence-corrected chi connectivity index (χ0v) is 15.9. The molecular formula is C18H15Cl3N4O. The van der Waals surface area contributed by atoms with Crippen molar-refractivity contribution in [1.29, 1.82) is 0 Å². The standard InChI is InChI=1S/C18H14Cl2N4O.ClH/c19-14-5-1-4-13(17(14)20)18(25)23-7-8-24-15(10-22-16(24)11-23)12-3-2-6-21-9-12;/h1-6,9-10H,7-8,11H2;1H. The number of nitrogens with zero attached hydrogens (tertiary/aromatic N) is 4. The minimum atomic E-state index is -0.135. The predicted octanol–water partition coefficient (Wildman–Crippen LogP) is 4.33. The van der Waals surface area contributed by atoms with Gasteiger partial charge in [0.25, 0.3) is 5.91 Å². The predicted molar refractivity (Wildman–Crippen MR) is 104 cm³/mol. The van der Waals surface area contributed by atoms with Crippen molar-refractivity contribution < 1.29 is 4.79 Å². The normalized spacial score (nSPS) is 13.1. The highest BCUT2D eigenvalue weighted by Gasteiger charge is 2.26. The number of imidazole rings is 1. The smallest absolute Gasteiger partial charge is 0.255 e. The Bertz CT molecular complexity index is 943. The number of halogens is 3. The van der Waals surface area contributed by atoms with Gasteiger partial charge in [0.15, 0.2) is 0 Å². The fourth-order valence-electron chi connectivity index (χ4n) is 3.02. The van der Waals surface area contributed by atoms with Gasteiger partial charge in [0.2, 0.25) is 0 Å². The van der Waals surface area contributed by atoms with Crippen LogP contribution in [0.4, 0.5) is 0 Å². The maximum absolute atomic E-state index is 12.8. The molecule has 1 amide bonds. The van der Waals surface area contributed by atoms with Crippen molar-refractivity contribution in [1.82, 2.24) is 19.4 Å². The van der Waals surface area contributed by atoms with Crippen LogP contribution in [0.15, 0.2) is 48.9 Å². The number of amides is 1. The molecule has 0 saturated carbocycles. The first kappa shape index (κ1) is 18.7. The number of fused-ring (bicyclic) bond motifs is 1. The number of carbonyl (C=O) groups is 1. The maximum Gasteiger partial charge on any atom is 0.255 e. The minimum Gasteiger partial charge on any atom is -0.329 e. The Labute approximate surface area is 167 Å². The molecule has 0 saturated heterocycles. The van der Waals surface area contributed by atoms with Gasteiger partial charge in [-0.25, -0.2) is 4.98 Å². The zero-order chi connectivity index (χ0) is 17.4. The van der Waals surface area contributed by atoms with E-state index in [0.717, 1.165) is 17.1 Å². The number of hydrogen-bond donors (Lipinski definition) is 0. The van der Waals surface area contributed by atoms with E-state index in [4.69, 9.17) is 23.2 Å². The van der Waals surface area contributed by atoms with E-state index in [2.05, 4.69) is 14.5 Å². The highest BCUT2D eigenvalue weighted by molar-refractivity contribution is 6.43. The van der Waals surface area contributed by atoms with Crippen LogP contribution in [0.2, 0.25) is 10.0 Å². The molecule has 0 spiro atoms. The molecule has 4 rings (SSSR count). The van der Waals surface area contributed by atoms with E-state index in [1.165, 1.54) is 0 Å². The van der Waals surface area contributed by atoms with Gasteiger partial charge in [-0.2, -0.15) is 0 Å². The van der Waals surface area contributed by atoms with Crippen molar-refractivity contribution >= 4 is 41.5 Å². The lowest BCUT2D eigenvalue weighted by atomic mass is 10.1. The van der Waals surface area contributed by atoms with Gasteiger partial charge >= 0.3 is 0 Å². The summed E-state index contributed by atoms with van der Waals surface area (Å²) in [5, 5.41) is 0.670. The number of rotatable bonds is 2. The maximum atomic E-state index is 12.8. The van der Waals surface area contributed by atoms with Crippen molar-refractivity contribution in [2.45, 2.75) is 13.1 Å². The third-order valence-corrected chi connectivity index (χ3v) is 5.11. The van der Waals surface area contributed by atoms with Crippen LogP contribution in [0.3, 0.4) is 0 Å². The molecule has 0 fully saturated rings. The lowest BCUT2D eigenvalue weighted by molar-refractivity contribution is 0.0708. The summed E-state index contributed by atoms with van der Waals surface area (Å²) in [6, 6.07) is 8.99. The lowest BCUT2D eigenvalue weighted by Crippen LogP contribution is -2.38. The van der Waals surface area contributed by atoms with Gasteiger partial charge in [-0.15, -0.1) is 12.4 Å². The van der Waals surface area contributed by atoms with Crippen LogP contribution < -0.4 is 0 Å². The van der Waals surface area contributed by atoms with Gasteiger partial charge in [0.05, 0.1) is 34.0 Å². The number of aromatic nitrogens is 3. The summed E-state index contributed by atoms with van der Waals surface area (Å²) < 4.78 is 2.13. The quantitative estimate of drug-likeness (QED) is 0.633. The number of carbonyl (C=O) groups excluding carboxylic acids is 1. The van der Waals surface area contributed by atoms with Crippen molar-refractivity contribution in [3.8, 4) is 11.3 Å². The van der Waals surface area contributed by atoms with E-state index in [1.807, 2.05) is 24.5 Å². The van der Waals surface area contributed by atoms with E-state index in [1.54, 1.807) is 29.3 Å². The molecule has 0 aliphatic carbocycles. The second-order valence-corrected chi connectivity index (χ2v) is 6.57. The van der Waals surface area contributed by atoms with Crippen LogP contribution in [0.1, 0.15) is 16.2 Å². The summed E-state index contributed by atoms with van der Waals surface area (Å²) in [5.41, 5.74) is 2.44. The summed E-state index contributed by atoms with van der Waals surface area (Å²) in [7, 11) is 0. The largest absolute Gasteiger partial charge is 0.329 e. The van der Waals surface area contributed by atoms with E-state index in [9.17, 15) is 4.79 Å². The Hall–Kier alpha value is -2.08. The molecule has 0 atom stereocenters. The molecule has 1 aromatic carbocycles. The van der Waals surface area contributed by atoms with E-state index < -0.39 is 0 Å². The molecule has 26 heavy (non-hydrogen) atoms. The van der Waals surface area contributed by atoms with E-state index >= 15 is 0 Å². The topological polar surface area (TPSA) is 51.0 Å². The van der Waals surface area contributed by atoms with Gasteiger partial charge in [-0.1, -0.05) is 29.3 Å². The van der Waals surface area contributed by atoms with Gasteiger partial charge in [0.1, 0.15) is 5.82 Å². The first-order valence-corrected chi connectivity index (χ1v) is 8.59. The monoisotopic (exact) mass is 408 g/mol. The van der Waals surface area contributed by atoms with Crippen molar-refractivity contribution in [2.75, 3.05) is 6.54 Å². The van der Waals surface area contributed by atoms with Crippen LogP contribution >= 0.6 is 35.6 Å². The van der Waals surface area contributed by atoms with Gasteiger partial charge in [0, 0.05) is 31.0 Å². The second-order valence-electron chi connectivity index (χ2n) is 5.78. The fraction of sp³-hybridized carbons (Fsp3) is 0.167. The summed E-state index contributed by atoms with van der Waals surface area (Å²) in [6.07, 6.45) is 5.38. The molecule has 3 aromatic rings. The molecule has 0 unspecified atom stereocenters. The molecule has 8 heteroatoms. The third kappa shape index (κ3) is 3.30. The highest BCUT2D eigenvalue weighted by atomic mass is 35.5. The van der Waals surface area contributed by atoms with E-state index in [-0.39, 0.29) is 18.3 Å². The number of benzene rings is 1. The summed E-state index contributed by atoms with van der Waals surface area (Å²) in [4.78, 5) is 23.2. The van der Waals surface area contributed by atoms with Crippen LogP contribution in [0.5, 0.6) is 0 Å². The Morgan fingerprint density at radius 3 is 2.69 bits per heavy atom. The fourth-order valence-corrected chi connectivity index (χ4v) is 3.40. The molecule has 1 aliphatic rings. The Morgan fingerprint density at radius 1 is 1.08 bits per heavy atom. The lowest BCUT2D eigenvalue weighted by Gasteiger charge is -2.29. The Balaban J connectivity index is 0.00000196. The van der Waals surface area contributed by atoms with Gasteiger partial charge < -0.3 is 9.47 Å². The van der Waals surface area contributed by atoms with Gasteiger partial charge in [-0.3, -0.25) is 9.78 Å². The minimum absolute atomic E-state index is 0. The zero-order valence-electron chi connectivity index (χ0n) is 13.6. The first-order chi connectivity index (χ1) is 12.1. The van der Waals surface area contributed by atoms with Crippen LogP contribution in [-0.2, 0) is 13.1 Å². The molecule has 0 bridgehead atoms.